The molecule has 0 radical (unpaired) electrons. The van der Waals surface area contributed by atoms with Gasteiger partial charge in [0, 0.05) is 18.6 Å². The van der Waals surface area contributed by atoms with Gasteiger partial charge in [0.2, 0.25) is 0 Å². The van der Waals surface area contributed by atoms with Crippen molar-refractivity contribution in [3.05, 3.63) is 109 Å². The standard InChI is InChI=1S/C36H38O10/c1-4-33(37)43-22-9-7-6-8-21-41-29-17-13-28(14-18-29)36(40)46-32-20-19-31(25-26(32)3)45-35(39)27-11-15-30(16-12-27)42-23-10-24-44-34(38)5-2/h4-5,11-20,25H,1-2,6-10,21-24H2,3H3. The van der Waals surface area contributed by atoms with Gasteiger partial charge >= 0.3 is 23.9 Å². The fourth-order valence-electron chi connectivity index (χ4n) is 3.96. The zero-order valence-corrected chi connectivity index (χ0v) is 25.9. The lowest BCUT2D eigenvalue weighted by Crippen LogP contribution is -2.11. The first kappa shape index (κ1) is 35.1. The van der Waals surface area contributed by atoms with Crippen molar-refractivity contribution in [1.29, 1.82) is 0 Å². The van der Waals surface area contributed by atoms with Gasteiger partial charge in [0.15, 0.2) is 0 Å². The summed E-state index contributed by atoms with van der Waals surface area (Å²) in [7, 11) is 0. The average molecular weight is 631 g/mol. The highest BCUT2D eigenvalue weighted by molar-refractivity contribution is 5.92. The SMILES string of the molecule is C=CC(=O)OCCCCCCOc1ccc(C(=O)Oc2ccc(OC(=O)c3ccc(OCCCOC(=O)C=C)cc3)cc2C)cc1. The van der Waals surface area contributed by atoms with E-state index in [-0.39, 0.29) is 6.61 Å². The molecule has 3 rings (SSSR count). The van der Waals surface area contributed by atoms with Crippen LogP contribution in [0.5, 0.6) is 23.0 Å². The van der Waals surface area contributed by atoms with E-state index in [1.807, 2.05) is 0 Å². The van der Waals surface area contributed by atoms with Crippen molar-refractivity contribution in [2.45, 2.75) is 39.0 Å². The van der Waals surface area contributed by atoms with Crippen LogP contribution in [0.2, 0.25) is 0 Å². The molecule has 0 N–H and O–H groups in total. The molecule has 0 fully saturated rings. The van der Waals surface area contributed by atoms with Crippen molar-refractivity contribution in [3.63, 3.8) is 0 Å². The van der Waals surface area contributed by atoms with Crippen LogP contribution in [0.25, 0.3) is 0 Å². The Morgan fingerprint density at radius 1 is 0.565 bits per heavy atom. The minimum absolute atomic E-state index is 0.220. The van der Waals surface area contributed by atoms with Crippen LogP contribution < -0.4 is 18.9 Å². The number of unbranched alkanes of at least 4 members (excludes halogenated alkanes) is 3. The lowest BCUT2D eigenvalue weighted by Gasteiger charge is -2.11. The number of aryl methyl sites for hydroxylation is 1. The van der Waals surface area contributed by atoms with Gasteiger partial charge in [0.25, 0.3) is 0 Å². The van der Waals surface area contributed by atoms with Gasteiger partial charge in [-0.05, 0) is 105 Å². The van der Waals surface area contributed by atoms with E-state index in [1.54, 1.807) is 73.7 Å². The van der Waals surface area contributed by atoms with E-state index in [1.165, 1.54) is 0 Å². The number of carbonyl (C=O) groups excluding carboxylic acids is 4. The first-order valence-electron chi connectivity index (χ1n) is 14.9. The van der Waals surface area contributed by atoms with Gasteiger partial charge < -0.3 is 28.4 Å². The first-order chi connectivity index (χ1) is 22.3. The summed E-state index contributed by atoms with van der Waals surface area (Å²) >= 11 is 0. The summed E-state index contributed by atoms with van der Waals surface area (Å²) in [5, 5.41) is 0. The van der Waals surface area contributed by atoms with Crippen molar-refractivity contribution in [2.24, 2.45) is 0 Å². The van der Waals surface area contributed by atoms with E-state index in [0.29, 0.717) is 65.9 Å². The molecule has 0 unspecified atom stereocenters. The monoisotopic (exact) mass is 630 g/mol. The molecule has 0 aliphatic rings. The molecule has 0 saturated heterocycles. The Balaban J connectivity index is 1.39. The van der Waals surface area contributed by atoms with Crippen LogP contribution in [0.15, 0.2) is 92.0 Å². The van der Waals surface area contributed by atoms with Crippen LogP contribution in [0, 0.1) is 6.92 Å². The van der Waals surface area contributed by atoms with Crippen LogP contribution in [-0.4, -0.2) is 50.3 Å². The summed E-state index contributed by atoms with van der Waals surface area (Å²) in [6.45, 7) is 9.91. The van der Waals surface area contributed by atoms with Crippen LogP contribution in [0.3, 0.4) is 0 Å². The molecule has 0 aliphatic carbocycles. The second kappa shape index (κ2) is 19.1. The number of carbonyl (C=O) groups is 4. The normalized spacial score (nSPS) is 10.3. The number of ether oxygens (including phenoxy) is 6. The Labute approximate surface area is 268 Å². The van der Waals surface area contributed by atoms with Crippen LogP contribution in [0.4, 0.5) is 0 Å². The van der Waals surface area contributed by atoms with Gasteiger partial charge in [-0.15, -0.1) is 0 Å². The highest BCUT2D eigenvalue weighted by Crippen LogP contribution is 2.26. The molecule has 0 spiro atoms. The summed E-state index contributed by atoms with van der Waals surface area (Å²) < 4.78 is 32.2. The maximum Gasteiger partial charge on any atom is 0.343 e. The molecule has 3 aromatic rings. The Morgan fingerprint density at radius 2 is 1.02 bits per heavy atom. The second-order valence-electron chi connectivity index (χ2n) is 9.96. The van der Waals surface area contributed by atoms with E-state index in [4.69, 9.17) is 28.4 Å². The summed E-state index contributed by atoms with van der Waals surface area (Å²) in [6, 6.07) is 17.9. The van der Waals surface area contributed by atoms with E-state index >= 15 is 0 Å². The number of esters is 4. The molecule has 0 aromatic heterocycles. The zero-order chi connectivity index (χ0) is 33.1. The fraction of sp³-hybridized carbons (Fsp3) is 0.278. The summed E-state index contributed by atoms with van der Waals surface area (Å²) in [4.78, 5) is 47.4. The van der Waals surface area contributed by atoms with Gasteiger partial charge in [0.05, 0.1) is 37.6 Å². The van der Waals surface area contributed by atoms with Crippen molar-refractivity contribution in [3.8, 4) is 23.0 Å². The molecule has 0 atom stereocenters. The highest BCUT2D eigenvalue weighted by atomic mass is 16.5. The Morgan fingerprint density at radius 3 is 1.54 bits per heavy atom. The smallest absolute Gasteiger partial charge is 0.343 e. The number of hydrogen-bond acceptors (Lipinski definition) is 10. The Hall–Kier alpha value is -5.38. The summed E-state index contributed by atoms with van der Waals surface area (Å²) in [6.07, 6.45) is 6.27. The molecule has 0 amide bonds. The van der Waals surface area contributed by atoms with Crippen molar-refractivity contribution in [1.82, 2.24) is 0 Å². The quantitative estimate of drug-likeness (QED) is 0.0619. The Kier molecular flexibility index (Phi) is 14.6. The lowest BCUT2D eigenvalue weighted by atomic mass is 10.2. The van der Waals surface area contributed by atoms with Gasteiger partial charge in [-0.3, -0.25) is 0 Å². The third-order valence-electron chi connectivity index (χ3n) is 6.43. The highest BCUT2D eigenvalue weighted by Gasteiger charge is 2.14. The molecule has 0 bridgehead atoms. The van der Waals surface area contributed by atoms with Crippen LogP contribution in [0.1, 0.15) is 58.4 Å². The number of hydrogen-bond donors (Lipinski definition) is 0. The van der Waals surface area contributed by atoms with Crippen molar-refractivity contribution in [2.75, 3.05) is 26.4 Å². The predicted molar refractivity (Wildman–Crippen MR) is 170 cm³/mol. The second-order valence-corrected chi connectivity index (χ2v) is 9.96. The molecule has 0 saturated carbocycles. The fourth-order valence-corrected chi connectivity index (χ4v) is 3.96. The van der Waals surface area contributed by atoms with Gasteiger partial charge in [0.1, 0.15) is 23.0 Å². The molecule has 3 aromatic carbocycles. The van der Waals surface area contributed by atoms with Crippen LogP contribution in [-0.2, 0) is 19.1 Å². The maximum absolute atomic E-state index is 12.7. The minimum Gasteiger partial charge on any atom is -0.494 e. The first-order valence-corrected chi connectivity index (χ1v) is 14.9. The van der Waals surface area contributed by atoms with Crippen molar-refractivity contribution >= 4 is 23.9 Å². The van der Waals surface area contributed by atoms with Gasteiger partial charge in [-0.1, -0.05) is 13.2 Å². The molecule has 10 heteroatoms. The lowest BCUT2D eigenvalue weighted by molar-refractivity contribution is -0.138. The van der Waals surface area contributed by atoms with E-state index in [0.717, 1.165) is 37.8 Å². The summed E-state index contributed by atoms with van der Waals surface area (Å²) in [5.74, 6) is -0.134. The zero-order valence-electron chi connectivity index (χ0n) is 25.9. The Bertz CT molecular complexity index is 1480. The topological polar surface area (TPSA) is 124 Å². The largest absolute Gasteiger partial charge is 0.494 e. The van der Waals surface area contributed by atoms with E-state index in [9.17, 15) is 19.2 Å². The molecule has 10 nitrogen and oxygen atoms in total. The van der Waals surface area contributed by atoms with Gasteiger partial charge in [-0.2, -0.15) is 0 Å². The van der Waals surface area contributed by atoms with Crippen molar-refractivity contribution < 1.29 is 47.6 Å². The third kappa shape index (κ3) is 12.3. The third-order valence-corrected chi connectivity index (χ3v) is 6.43. The predicted octanol–water partition coefficient (Wildman–Crippen LogP) is 6.60. The van der Waals surface area contributed by atoms with Crippen LogP contribution >= 0.6 is 0 Å². The molecule has 0 aliphatic heterocycles. The molecule has 0 heterocycles. The molecular formula is C36H38O10. The van der Waals surface area contributed by atoms with Gasteiger partial charge in [-0.25, -0.2) is 19.2 Å². The number of rotatable bonds is 19. The van der Waals surface area contributed by atoms with E-state index in [2.05, 4.69) is 13.2 Å². The van der Waals surface area contributed by atoms with E-state index < -0.39 is 23.9 Å². The minimum atomic E-state index is -0.555. The molecular weight excluding hydrogens is 592 g/mol. The number of benzene rings is 3. The average Bonchev–Trinajstić information content (AvgIpc) is 3.07. The molecule has 242 valence electrons. The molecule has 46 heavy (non-hydrogen) atoms. The maximum atomic E-state index is 12.7. The summed E-state index contributed by atoms with van der Waals surface area (Å²) in [5.41, 5.74) is 1.30.